The van der Waals surface area contributed by atoms with Gasteiger partial charge in [-0.2, -0.15) is 0 Å². The molecule has 1 heterocycles. The summed E-state index contributed by atoms with van der Waals surface area (Å²) in [6.45, 7) is 1.55. The van der Waals surface area contributed by atoms with Gasteiger partial charge < -0.3 is 15.0 Å². The van der Waals surface area contributed by atoms with Crippen molar-refractivity contribution in [3.8, 4) is 0 Å². The molecule has 0 unspecified atom stereocenters. The fourth-order valence-corrected chi connectivity index (χ4v) is 2.03. The summed E-state index contributed by atoms with van der Waals surface area (Å²) in [7, 11) is 0. The second kappa shape index (κ2) is 6.44. The fourth-order valence-electron chi connectivity index (χ4n) is 1.85. The zero-order chi connectivity index (χ0) is 16.3. The predicted molar refractivity (Wildman–Crippen MR) is 82.5 cm³/mol. The minimum absolute atomic E-state index is 0.286. The van der Waals surface area contributed by atoms with Crippen LogP contribution >= 0.6 is 11.6 Å². The molecule has 1 aromatic carbocycles. The predicted octanol–water partition coefficient (Wildman–Crippen LogP) is 2.15. The van der Waals surface area contributed by atoms with Gasteiger partial charge in [0.1, 0.15) is 12.1 Å². The van der Waals surface area contributed by atoms with E-state index in [-0.39, 0.29) is 12.1 Å². The molecule has 0 spiro atoms. The number of hydrogen-bond donors (Lipinski definition) is 2. The molecule has 1 aromatic heterocycles. The molecule has 7 heteroatoms. The molecule has 1 amide bonds. The van der Waals surface area contributed by atoms with Gasteiger partial charge in [-0.1, -0.05) is 17.7 Å². The molecule has 0 saturated heterocycles. The monoisotopic (exact) mass is 320 g/mol. The number of carbonyl (C=O) groups is 2. The smallest absolute Gasteiger partial charge is 0.341 e. The fraction of sp³-hybridized carbons (Fsp3) is 0.133. The number of hydrogen-bond acceptors (Lipinski definition) is 3. The van der Waals surface area contributed by atoms with E-state index in [0.29, 0.717) is 10.7 Å². The summed E-state index contributed by atoms with van der Waals surface area (Å²) < 4.78 is 1.04. The number of benzene rings is 1. The zero-order valence-corrected chi connectivity index (χ0v) is 12.4. The number of halogens is 1. The van der Waals surface area contributed by atoms with Gasteiger partial charge in [-0.15, -0.1) is 0 Å². The summed E-state index contributed by atoms with van der Waals surface area (Å²) in [5.41, 5.74) is 0.272. The molecule has 0 radical (unpaired) electrons. The number of carbonyl (C=O) groups excluding carboxylic acids is 1. The highest BCUT2D eigenvalue weighted by Gasteiger charge is 2.12. The van der Waals surface area contributed by atoms with Gasteiger partial charge in [0.05, 0.1) is 0 Å². The Kier molecular flexibility index (Phi) is 4.62. The standard InChI is InChI=1S/C15H13ClN2O4/c1-9-4-5-10(7-12(9)16)17-13(19)8-18-6-2-3-11(14(18)20)15(21)22/h2-7H,8H2,1H3,(H,17,19)(H,21,22). The number of aryl methyl sites for hydroxylation is 1. The molecule has 2 aromatic rings. The van der Waals surface area contributed by atoms with Gasteiger partial charge in [0.15, 0.2) is 0 Å². The third kappa shape index (κ3) is 3.53. The summed E-state index contributed by atoms with van der Waals surface area (Å²) in [6, 6.07) is 7.65. The van der Waals surface area contributed by atoms with E-state index < -0.39 is 17.4 Å². The van der Waals surface area contributed by atoms with Crippen molar-refractivity contribution in [2.24, 2.45) is 0 Å². The number of anilines is 1. The van der Waals surface area contributed by atoms with E-state index in [9.17, 15) is 14.4 Å². The average Bonchev–Trinajstić information content (AvgIpc) is 2.45. The quantitative estimate of drug-likeness (QED) is 0.903. The van der Waals surface area contributed by atoms with Crippen molar-refractivity contribution in [1.29, 1.82) is 0 Å². The van der Waals surface area contributed by atoms with Crippen molar-refractivity contribution in [1.82, 2.24) is 4.57 Å². The molecule has 2 rings (SSSR count). The largest absolute Gasteiger partial charge is 0.477 e. The lowest BCUT2D eigenvalue weighted by molar-refractivity contribution is -0.116. The van der Waals surface area contributed by atoms with Crippen molar-refractivity contribution >= 4 is 29.2 Å². The number of rotatable bonds is 4. The number of carboxylic acids is 1. The molecule has 22 heavy (non-hydrogen) atoms. The SMILES string of the molecule is Cc1ccc(NC(=O)Cn2cccc(C(=O)O)c2=O)cc1Cl. The topological polar surface area (TPSA) is 88.4 Å². The molecular formula is C15H13ClN2O4. The van der Waals surface area contributed by atoms with Crippen molar-refractivity contribution in [3.63, 3.8) is 0 Å². The Labute approximate surface area is 131 Å². The molecule has 0 saturated carbocycles. The number of aromatic carboxylic acids is 1. The van der Waals surface area contributed by atoms with Gasteiger partial charge in [-0.25, -0.2) is 4.79 Å². The Bertz CT molecular complexity index is 798. The average molecular weight is 321 g/mol. The Morgan fingerprint density at radius 3 is 2.68 bits per heavy atom. The number of pyridine rings is 1. The van der Waals surface area contributed by atoms with E-state index in [1.54, 1.807) is 18.2 Å². The highest BCUT2D eigenvalue weighted by atomic mass is 35.5. The third-order valence-electron chi connectivity index (χ3n) is 3.02. The second-order valence-corrected chi connectivity index (χ2v) is 5.08. The van der Waals surface area contributed by atoms with Crippen LogP contribution in [0.3, 0.4) is 0 Å². The van der Waals surface area contributed by atoms with Crippen molar-refractivity contribution in [2.45, 2.75) is 13.5 Å². The Hall–Kier alpha value is -2.60. The van der Waals surface area contributed by atoms with Crippen LogP contribution in [-0.2, 0) is 11.3 Å². The maximum Gasteiger partial charge on any atom is 0.341 e. The van der Waals surface area contributed by atoms with Crippen LogP contribution in [0, 0.1) is 6.92 Å². The van der Waals surface area contributed by atoms with Crippen molar-refractivity contribution in [2.75, 3.05) is 5.32 Å². The normalized spacial score (nSPS) is 10.3. The first kappa shape index (κ1) is 15.8. The van der Waals surface area contributed by atoms with Gasteiger partial charge >= 0.3 is 5.97 Å². The maximum atomic E-state index is 12.0. The number of amides is 1. The van der Waals surface area contributed by atoms with Crippen LogP contribution in [0.2, 0.25) is 5.02 Å². The summed E-state index contributed by atoms with van der Waals surface area (Å²) >= 11 is 5.97. The molecule has 6 nitrogen and oxygen atoms in total. The van der Waals surface area contributed by atoms with E-state index in [2.05, 4.69) is 5.32 Å². The van der Waals surface area contributed by atoms with Crippen molar-refractivity contribution < 1.29 is 14.7 Å². The number of aromatic nitrogens is 1. The molecule has 114 valence electrons. The Balaban J connectivity index is 2.16. The van der Waals surface area contributed by atoms with Crippen LogP contribution in [0.25, 0.3) is 0 Å². The first-order valence-electron chi connectivity index (χ1n) is 6.37. The van der Waals surface area contributed by atoms with E-state index in [4.69, 9.17) is 16.7 Å². The minimum Gasteiger partial charge on any atom is -0.477 e. The summed E-state index contributed by atoms with van der Waals surface area (Å²) in [5.74, 6) is -1.78. The number of carboxylic acid groups (broad SMARTS) is 1. The van der Waals surface area contributed by atoms with Crippen LogP contribution in [0.5, 0.6) is 0 Å². The molecule has 0 aliphatic carbocycles. The minimum atomic E-state index is -1.33. The van der Waals surface area contributed by atoms with Gasteiger partial charge in [-0.3, -0.25) is 9.59 Å². The van der Waals surface area contributed by atoms with E-state index in [1.165, 1.54) is 18.3 Å². The first-order valence-corrected chi connectivity index (χ1v) is 6.75. The van der Waals surface area contributed by atoms with E-state index in [0.717, 1.165) is 10.1 Å². The molecule has 0 aliphatic heterocycles. The maximum absolute atomic E-state index is 12.0. The van der Waals surface area contributed by atoms with Crippen LogP contribution in [0.4, 0.5) is 5.69 Å². The summed E-state index contributed by atoms with van der Waals surface area (Å²) in [6.07, 6.45) is 1.36. The third-order valence-corrected chi connectivity index (χ3v) is 3.43. The molecule has 0 bridgehead atoms. The van der Waals surface area contributed by atoms with E-state index >= 15 is 0 Å². The van der Waals surface area contributed by atoms with Crippen LogP contribution in [-0.4, -0.2) is 21.6 Å². The Morgan fingerprint density at radius 1 is 1.32 bits per heavy atom. The molecule has 0 fully saturated rings. The lowest BCUT2D eigenvalue weighted by atomic mass is 10.2. The number of nitrogens with zero attached hydrogens (tertiary/aromatic N) is 1. The van der Waals surface area contributed by atoms with Crippen LogP contribution in [0.15, 0.2) is 41.3 Å². The van der Waals surface area contributed by atoms with Gasteiger partial charge in [0.25, 0.3) is 5.56 Å². The molecule has 0 atom stereocenters. The second-order valence-electron chi connectivity index (χ2n) is 4.67. The van der Waals surface area contributed by atoms with Gasteiger partial charge in [0, 0.05) is 16.9 Å². The van der Waals surface area contributed by atoms with Crippen molar-refractivity contribution in [3.05, 3.63) is 63.0 Å². The Morgan fingerprint density at radius 2 is 2.05 bits per heavy atom. The first-order chi connectivity index (χ1) is 10.4. The van der Waals surface area contributed by atoms with E-state index in [1.807, 2.05) is 6.92 Å². The highest BCUT2D eigenvalue weighted by molar-refractivity contribution is 6.31. The lowest BCUT2D eigenvalue weighted by Gasteiger charge is -2.09. The molecule has 2 N–H and O–H groups in total. The van der Waals surface area contributed by atoms with Crippen LogP contribution in [0.1, 0.15) is 15.9 Å². The molecular weight excluding hydrogens is 308 g/mol. The lowest BCUT2D eigenvalue weighted by Crippen LogP contribution is -2.30. The van der Waals surface area contributed by atoms with Gasteiger partial charge in [-0.05, 0) is 36.8 Å². The van der Waals surface area contributed by atoms with Crippen LogP contribution < -0.4 is 10.9 Å². The summed E-state index contributed by atoms with van der Waals surface area (Å²) in [4.78, 5) is 34.7. The summed E-state index contributed by atoms with van der Waals surface area (Å²) in [5, 5.41) is 12.0. The zero-order valence-electron chi connectivity index (χ0n) is 11.7. The number of nitrogens with one attached hydrogen (secondary N) is 1. The highest BCUT2D eigenvalue weighted by Crippen LogP contribution is 2.19. The molecule has 0 aliphatic rings. The van der Waals surface area contributed by atoms with Gasteiger partial charge in [0.2, 0.25) is 5.91 Å².